The molecule has 0 radical (unpaired) electrons. The van der Waals surface area contributed by atoms with Crippen LogP contribution >= 0.6 is 0 Å². The van der Waals surface area contributed by atoms with Gasteiger partial charge in [-0.05, 0) is 11.5 Å². The van der Waals surface area contributed by atoms with Crippen molar-refractivity contribution in [3.05, 3.63) is 35.9 Å². The molecule has 2 atom stereocenters. The van der Waals surface area contributed by atoms with Gasteiger partial charge in [-0.2, -0.15) is 0 Å². The Morgan fingerprint density at radius 1 is 1.13 bits per heavy atom. The summed E-state index contributed by atoms with van der Waals surface area (Å²) < 4.78 is 0. The van der Waals surface area contributed by atoms with Gasteiger partial charge in [-0.3, -0.25) is 14.8 Å². The smallest absolute Gasteiger partial charge is 0.326 e. The third-order valence-electron chi connectivity index (χ3n) is 3.57. The Kier molecular flexibility index (Phi) is 7.21. The van der Waals surface area contributed by atoms with E-state index in [1.807, 2.05) is 6.07 Å². The van der Waals surface area contributed by atoms with Crippen molar-refractivity contribution in [3.63, 3.8) is 0 Å². The summed E-state index contributed by atoms with van der Waals surface area (Å²) in [5.74, 6) is -3.25. The Morgan fingerprint density at radius 2 is 1.74 bits per heavy atom. The van der Waals surface area contributed by atoms with E-state index in [0.29, 0.717) is 0 Å². The average Bonchev–Trinajstić information content (AvgIpc) is 2.52. The second-order valence-electron chi connectivity index (χ2n) is 5.68. The number of hydroxylamine groups is 1. The zero-order chi connectivity index (χ0) is 17.4. The van der Waals surface area contributed by atoms with Gasteiger partial charge in [0.05, 0.1) is 0 Å². The highest BCUT2D eigenvalue weighted by Crippen LogP contribution is 2.16. The lowest BCUT2D eigenvalue weighted by Gasteiger charge is -2.22. The summed E-state index contributed by atoms with van der Waals surface area (Å²) in [5.41, 5.74) is 2.27. The number of benzene rings is 1. The number of nitrogens with one attached hydrogen (secondary N) is 2. The molecule has 0 spiro atoms. The molecule has 0 saturated heterocycles. The summed E-state index contributed by atoms with van der Waals surface area (Å²) in [4.78, 5) is 35.0. The predicted octanol–water partition coefficient (Wildman–Crippen LogP) is 0.966. The maximum Gasteiger partial charge on any atom is 0.326 e. The van der Waals surface area contributed by atoms with Crippen LogP contribution in [0.15, 0.2) is 30.3 Å². The molecular weight excluding hydrogens is 300 g/mol. The average molecular weight is 322 g/mol. The monoisotopic (exact) mass is 322 g/mol. The van der Waals surface area contributed by atoms with Crippen molar-refractivity contribution in [1.29, 1.82) is 0 Å². The van der Waals surface area contributed by atoms with Gasteiger partial charge in [0.25, 0.3) is 0 Å². The van der Waals surface area contributed by atoms with Crippen LogP contribution in [0.4, 0.5) is 0 Å². The topological polar surface area (TPSA) is 116 Å². The molecule has 1 aromatic carbocycles. The molecule has 1 rings (SSSR count). The summed E-state index contributed by atoms with van der Waals surface area (Å²) >= 11 is 0. The molecule has 7 nitrogen and oxygen atoms in total. The molecule has 0 fully saturated rings. The molecule has 0 heterocycles. The van der Waals surface area contributed by atoms with Gasteiger partial charge < -0.3 is 10.4 Å². The van der Waals surface area contributed by atoms with E-state index in [-0.39, 0.29) is 18.8 Å². The molecule has 0 saturated carbocycles. The number of carbonyl (C=O) groups excluding carboxylic acids is 2. The van der Waals surface area contributed by atoms with Crippen molar-refractivity contribution in [2.75, 3.05) is 0 Å². The van der Waals surface area contributed by atoms with Crippen LogP contribution in [0.5, 0.6) is 0 Å². The van der Waals surface area contributed by atoms with Gasteiger partial charge >= 0.3 is 5.97 Å². The number of carbonyl (C=O) groups is 3. The first-order valence-corrected chi connectivity index (χ1v) is 7.35. The number of hydrogen-bond acceptors (Lipinski definition) is 4. The zero-order valence-electron chi connectivity index (χ0n) is 13.2. The van der Waals surface area contributed by atoms with E-state index < -0.39 is 29.7 Å². The van der Waals surface area contributed by atoms with Crippen molar-refractivity contribution in [3.8, 4) is 0 Å². The SMILES string of the molecule is CC(C)[C@H](CC(=O)NO)C(=O)N[C@@H](Cc1ccccc1)C(=O)O. The molecule has 0 aliphatic carbocycles. The van der Waals surface area contributed by atoms with Crippen LogP contribution in [0.2, 0.25) is 0 Å². The van der Waals surface area contributed by atoms with Gasteiger partial charge in [-0.25, -0.2) is 10.3 Å². The fraction of sp³-hybridized carbons (Fsp3) is 0.438. The van der Waals surface area contributed by atoms with E-state index in [4.69, 9.17) is 5.21 Å². The van der Waals surface area contributed by atoms with E-state index in [1.54, 1.807) is 38.1 Å². The number of carboxylic acid groups (broad SMARTS) is 1. The maximum atomic E-state index is 12.3. The third kappa shape index (κ3) is 6.07. The lowest BCUT2D eigenvalue weighted by atomic mass is 9.90. The van der Waals surface area contributed by atoms with E-state index >= 15 is 0 Å². The highest BCUT2D eigenvalue weighted by molar-refractivity contribution is 5.88. The molecule has 1 aromatic rings. The molecular formula is C16H22N2O5. The molecule has 7 heteroatoms. The Labute approximate surface area is 134 Å². The van der Waals surface area contributed by atoms with Gasteiger partial charge in [0.2, 0.25) is 11.8 Å². The molecule has 23 heavy (non-hydrogen) atoms. The maximum absolute atomic E-state index is 12.3. The second-order valence-corrected chi connectivity index (χ2v) is 5.68. The fourth-order valence-corrected chi connectivity index (χ4v) is 2.21. The van der Waals surface area contributed by atoms with Crippen LogP contribution in [0.1, 0.15) is 25.8 Å². The van der Waals surface area contributed by atoms with Crippen molar-refractivity contribution in [2.45, 2.75) is 32.7 Å². The minimum absolute atomic E-state index is 0.152. The quantitative estimate of drug-likeness (QED) is 0.420. The summed E-state index contributed by atoms with van der Waals surface area (Å²) in [5, 5.41) is 20.4. The van der Waals surface area contributed by atoms with Crippen molar-refractivity contribution < 1.29 is 24.7 Å². The van der Waals surface area contributed by atoms with Crippen LogP contribution in [-0.4, -0.2) is 34.1 Å². The third-order valence-corrected chi connectivity index (χ3v) is 3.57. The van der Waals surface area contributed by atoms with Crippen molar-refractivity contribution in [2.24, 2.45) is 11.8 Å². The highest BCUT2D eigenvalue weighted by Gasteiger charge is 2.29. The lowest BCUT2D eigenvalue weighted by molar-refractivity contribution is -0.143. The number of hydrogen-bond donors (Lipinski definition) is 4. The van der Waals surface area contributed by atoms with Crippen molar-refractivity contribution >= 4 is 17.8 Å². The molecule has 0 aliphatic heterocycles. The minimum Gasteiger partial charge on any atom is -0.480 e. The first kappa shape index (κ1) is 18.6. The van der Waals surface area contributed by atoms with Gasteiger partial charge in [-0.1, -0.05) is 44.2 Å². The zero-order valence-corrected chi connectivity index (χ0v) is 13.2. The highest BCUT2D eigenvalue weighted by atomic mass is 16.5. The lowest BCUT2D eigenvalue weighted by Crippen LogP contribution is -2.46. The number of aliphatic carboxylic acids is 1. The number of carboxylic acids is 1. The summed E-state index contributed by atoms with van der Waals surface area (Å²) in [6.45, 7) is 3.50. The summed E-state index contributed by atoms with van der Waals surface area (Å²) in [6.07, 6.45) is -0.0589. The number of rotatable bonds is 8. The molecule has 0 bridgehead atoms. The Balaban J connectivity index is 2.79. The fourth-order valence-electron chi connectivity index (χ4n) is 2.21. The first-order chi connectivity index (χ1) is 10.8. The standard InChI is InChI=1S/C16H22N2O5/c1-10(2)12(9-14(19)18-23)15(20)17-13(16(21)22)8-11-6-4-3-5-7-11/h3-7,10,12-13,23H,8-9H2,1-2H3,(H,17,20)(H,18,19)(H,21,22)/t12-,13-/m0/s1. The van der Waals surface area contributed by atoms with E-state index in [1.165, 1.54) is 5.48 Å². The predicted molar refractivity (Wildman–Crippen MR) is 82.6 cm³/mol. The van der Waals surface area contributed by atoms with Crippen LogP contribution in [0, 0.1) is 11.8 Å². The van der Waals surface area contributed by atoms with Crippen LogP contribution in [0.3, 0.4) is 0 Å². The molecule has 0 aromatic heterocycles. The molecule has 4 N–H and O–H groups in total. The van der Waals surface area contributed by atoms with Crippen LogP contribution in [0.25, 0.3) is 0 Å². The van der Waals surface area contributed by atoms with E-state index in [2.05, 4.69) is 5.32 Å². The second kappa shape index (κ2) is 8.89. The largest absolute Gasteiger partial charge is 0.480 e. The van der Waals surface area contributed by atoms with Crippen LogP contribution < -0.4 is 10.8 Å². The van der Waals surface area contributed by atoms with Gasteiger partial charge in [0.15, 0.2) is 0 Å². The van der Waals surface area contributed by atoms with Gasteiger partial charge in [0.1, 0.15) is 6.04 Å². The summed E-state index contributed by atoms with van der Waals surface area (Å²) in [7, 11) is 0. The normalized spacial score (nSPS) is 13.2. The van der Waals surface area contributed by atoms with Crippen molar-refractivity contribution in [1.82, 2.24) is 10.8 Å². The molecule has 0 unspecified atom stereocenters. The Hall–Kier alpha value is -2.41. The summed E-state index contributed by atoms with van der Waals surface area (Å²) in [6, 6.07) is 7.88. The van der Waals surface area contributed by atoms with E-state index in [9.17, 15) is 19.5 Å². The molecule has 0 aliphatic rings. The first-order valence-electron chi connectivity index (χ1n) is 7.35. The van der Waals surface area contributed by atoms with Gasteiger partial charge in [-0.15, -0.1) is 0 Å². The Morgan fingerprint density at radius 3 is 2.22 bits per heavy atom. The Bertz CT molecular complexity index is 545. The number of amides is 2. The van der Waals surface area contributed by atoms with Gasteiger partial charge in [0, 0.05) is 18.8 Å². The van der Waals surface area contributed by atoms with Crippen LogP contribution in [-0.2, 0) is 20.8 Å². The molecule has 2 amide bonds. The molecule has 126 valence electrons. The van der Waals surface area contributed by atoms with E-state index in [0.717, 1.165) is 5.56 Å². The minimum atomic E-state index is -1.14.